The highest BCUT2D eigenvalue weighted by Gasteiger charge is 2.33. The Kier molecular flexibility index (Phi) is 6.82. The highest BCUT2D eigenvalue weighted by Crippen LogP contribution is 2.29. The van der Waals surface area contributed by atoms with Crippen molar-refractivity contribution in [1.29, 1.82) is 0 Å². The fourth-order valence-corrected chi connectivity index (χ4v) is 4.70. The predicted molar refractivity (Wildman–Crippen MR) is 112 cm³/mol. The van der Waals surface area contributed by atoms with Gasteiger partial charge in [0.05, 0.1) is 28.4 Å². The molecular formula is C18H22ClFN6O4S. The molecule has 0 atom stereocenters. The second-order valence-corrected chi connectivity index (χ2v) is 9.51. The quantitative estimate of drug-likeness (QED) is 0.448. The van der Waals surface area contributed by atoms with Crippen LogP contribution < -0.4 is 20.9 Å². The van der Waals surface area contributed by atoms with E-state index in [1.807, 2.05) is 10.3 Å². The first-order chi connectivity index (χ1) is 14.6. The molecule has 1 fully saturated rings. The van der Waals surface area contributed by atoms with E-state index in [2.05, 4.69) is 15.6 Å². The average Bonchev–Trinajstić information content (AvgIpc) is 3.12. The van der Waals surface area contributed by atoms with Crippen LogP contribution in [-0.4, -0.2) is 48.7 Å². The molecule has 1 aromatic heterocycles. The fraction of sp³-hybridized carbons (Fsp3) is 0.389. The lowest BCUT2D eigenvalue weighted by Crippen LogP contribution is -2.51. The van der Waals surface area contributed by atoms with Gasteiger partial charge in [0.1, 0.15) is 0 Å². The summed E-state index contributed by atoms with van der Waals surface area (Å²) in [4.78, 5) is 29.8. The van der Waals surface area contributed by atoms with Gasteiger partial charge in [-0.1, -0.05) is 11.6 Å². The van der Waals surface area contributed by atoms with Crippen LogP contribution in [0.3, 0.4) is 0 Å². The predicted octanol–water partition coefficient (Wildman–Crippen LogP) is 1.15. The van der Waals surface area contributed by atoms with Gasteiger partial charge in [0.2, 0.25) is 10.0 Å². The van der Waals surface area contributed by atoms with Gasteiger partial charge in [0.15, 0.2) is 5.82 Å². The average molecular weight is 473 g/mol. The first-order valence-corrected chi connectivity index (χ1v) is 11.4. The monoisotopic (exact) mass is 472 g/mol. The Balaban J connectivity index is 1.60. The van der Waals surface area contributed by atoms with Crippen LogP contribution >= 0.6 is 11.6 Å². The Morgan fingerprint density at radius 2 is 2.03 bits per heavy atom. The van der Waals surface area contributed by atoms with Gasteiger partial charge in [0, 0.05) is 31.9 Å². The Hall–Kier alpha value is -2.70. The number of nitrogens with one attached hydrogen (secondary N) is 4. The molecule has 0 unspecified atom stereocenters. The van der Waals surface area contributed by atoms with Crippen LogP contribution in [0.15, 0.2) is 24.7 Å². The number of hydrogen-bond acceptors (Lipinski definition) is 5. The van der Waals surface area contributed by atoms with Gasteiger partial charge < -0.3 is 15.2 Å². The third-order valence-electron chi connectivity index (χ3n) is 4.85. The summed E-state index contributed by atoms with van der Waals surface area (Å²) in [6.07, 6.45) is 4.20. The Labute approximate surface area is 183 Å². The molecule has 2 aromatic rings. The van der Waals surface area contributed by atoms with E-state index in [0.717, 1.165) is 0 Å². The van der Waals surface area contributed by atoms with Gasteiger partial charge in [0.25, 0.3) is 5.91 Å². The summed E-state index contributed by atoms with van der Waals surface area (Å²) in [5.74, 6) is -2.37. The standard InChI is InChI=1S/C18H22ClFN6O4S/c1-21-18(28)23-12-3-10(4-12)8-31(29,30)25-24-17(27)13-5-11(6-14(19)16(13)20)15-7-26(2)9-22-15/h5-7,9-10,12,25H,3-4,8H2,1-2H3,(H,24,27)(H2,21,23,28). The number of carbonyl (C=O) groups excluding carboxylic acids is 2. The van der Waals surface area contributed by atoms with Gasteiger partial charge in [-0.15, -0.1) is 4.83 Å². The summed E-state index contributed by atoms with van der Waals surface area (Å²) < 4.78 is 40.5. The number of urea groups is 1. The van der Waals surface area contributed by atoms with Crippen molar-refractivity contribution in [3.8, 4) is 11.3 Å². The molecule has 1 saturated carbocycles. The van der Waals surface area contributed by atoms with E-state index in [0.29, 0.717) is 24.1 Å². The lowest BCUT2D eigenvalue weighted by Gasteiger charge is -2.35. The number of rotatable bonds is 7. The number of sulfonamides is 1. The van der Waals surface area contributed by atoms with Gasteiger partial charge in [-0.05, 0) is 30.9 Å². The molecular weight excluding hydrogens is 451 g/mol. The number of amides is 3. The summed E-state index contributed by atoms with van der Waals surface area (Å²) in [5.41, 5.74) is 2.48. The van der Waals surface area contributed by atoms with Crippen molar-refractivity contribution in [3.63, 3.8) is 0 Å². The zero-order valence-electron chi connectivity index (χ0n) is 16.8. The molecule has 1 aliphatic carbocycles. The normalized spacial score (nSPS) is 18.2. The molecule has 0 spiro atoms. The molecule has 3 amide bonds. The molecule has 10 nitrogen and oxygen atoms in total. The molecule has 1 aromatic carbocycles. The van der Waals surface area contributed by atoms with Gasteiger partial charge >= 0.3 is 6.03 Å². The number of hydrazine groups is 1. The van der Waals surface area contributed by atoms with Gasteiger partial charge in [-0.3, -0.25) is 10.2 Å². The van der Waals surface area contributed by atoms with Crippen molar-refractivity contribution < 1.29 is 22.4 Å². The minimum Gasteiger partial charge on any atom is -0.341 e. The number of aryl methyl sites for hydroxylation is 1. The van der Waals surface area contributed by atoms with E-state index < -0.39 is 27.3 Å². The van der Waals surface area contributed by atoms with Crippen LogP contribution in [0.25, 0.3) is 11.3 Å². The number of hydrogen-bond donors (Lipinski definition) is 4. The molecule has 0 radical (unpaired) electrons. The first kappa shape index (κ1) is 23.0. The molecule has 3 rings (SSSR count). The Bertz CT molecular complexity index is 1100. The van der Waals surface area contributed by atoms with Crippen molar-refractivity contribution in [2.45, 2.75) is 18.9 Å². The second kappa shape index (κ2) is 9.20. The zero-order chi connectivity index (χ0) is 22.8. The minimum absolute atomic E-state index is 0.0969. The molecule has 0 aliphatic heterocycles. The summed E-state index contributed by atoms with van der Waals surface area (Å²) in [6, 6.07) is 2.15. The lowest BCUT2D eigenvalue weighted by atomic mass is 9.82. The van der Waals surface area contributed by atoms with Crippen LogP contribution in [-0.2, 0) is 17.1 Å². The number of aromatic nitrogens is 2. The zero-order valence-corrected chi connectivity index (χ0v) is 18.3. The number of imidazole rings is 1. The van der Waals surface area contributed by atoms with Crippen LogP contribution in [0, 0.1) is 11.7 Å². The van der Waals surface area contributed by atoms with Crippen molar-refractivity contribution in [1.82, 2.24) is 30.4 Å². The van der Waals surface area contributed by atoms with Crippen LogP contribution in [0.4, 0.5) is 9.18 Å². The van der Waals surface area contributed by atoms with Gasteiger partial charge in [-0.2, -0.15) is 0 Å². The van der Waals surface area contributed by atoms with Crippen molar-refractivity contribution in [2.24, 2.45) is 13.0 Å². The summed E-state index contributed by atoms with van der Waals surface area (Å²) >= 11 is 5.90. The van der Waals surface area contributed by atoms with Crippen LogP contribution in [0.2, 0.25) is 5.02 Å². The number of nitrogens with zero attached hydrogens (tertiary/aromatic N) is 2. The molecule has 0 bridgehead atoms. The molecule has 168 valence electrons. The Morgan fingerprint density at radius 3 is 2.65 bits per heavy atom. The minimum atomic E-state index is -3.87. The second-order valence-electron chi connectivity index (χ2n) is 7.34. The molecule has 1 aliphatic rings. The molecule has 0 saturated heterocycles. The largest absolute Gasteiger partial charge is 0.341 e. The third-order valence-corrected chi connectivity index (χ3v) is 6.44. The SMILES string of the molecule is CNC(=O)NC1CC(CS(=O)(=O)NNC(=O)c2cc(-c3cn(C)cn3)cc(Cl)c2F)C1. The maximum atomic E-state index is 14.4. The number of halogens is 2. The summed E-state index contributed by atoms with van der Waals surface area (Å²) in [7, 11) is -0.622. The topological polar surface area (TPSA) is 134 Å². The smallest absolute Gasteiger partial charge is 0.314 e. The summed E-state index contributed by atoms with van der Waals surface area (Å²) in [6.45, 7) is 0. The fourth-order valence-electron chi connectivity index (χ4n) is 3.25. The van der Waals surface area contributed by atoms with Crippen LogP contribution in [0.1, 0.15) is 23.2 Å². The van der Waals surface area contributed by atoms with Crippen LogP contribution in [0.5, 0.6) is 0 Å². The number of carbonyl (C=O) groups is 2. The molecule has 13 heteroatoms. The third kappa shape index (κ3) is 5.71. The van der Waals surface area contributed by atoms with E-state index >= 15 is 0 Å². The molecule has 31 heavy (non-hydrogen) atoms. The van der Waals surface area contributed by atoms with Crippen molar-refractivity contribution in [3.05, 3.63) is 41.1 Å². The number of benzene rings is 1. The van der Waals surface area contributed by atoms with Gasteiger partial charge in [-0.25, -0.2) is 22.6 Å². The van der Waals surface area contributed by atoms with Crippen molar-refractivity contribution in [2.75, 3.05) is 12.8 Å². The first-order valence-electron chi connectivity index (χ1n) is 9.33. The van der Waals surface area contributed by atoms with E-state index in [-0.39, 0.29) is 28.8 Å². The lowest BCUT2D eigenvalue weighted by molar-refractivity contribution is 0.0940. The van der Waals surface area contributed by atoms with E-state index in [1.54, 1.807) is 17.8 Å². The highest BCUT2D eigenvalue weighted by molar-refractivity contribution is 7.89. The van der Waals surface area contributed by atoms with E-state index in [4.69, 9.17) is 11.6 Å². The molecule has 1 heterocycles. The molecule has 4 N–H and O–H groups in total. The van der Waals surface area contributed by atoms with E-state index in [1.165, 1.54) is 25.5 Å². The van der Waals surface area contributed by atoms with Crippen molar-refractivity contribution >= 4 is 33.6 Å². The van der Waals surface area contributed by atoms with E-state index in [9.17, 15) is 22.4 Å². The highest BCUT2D eigenvalue weighted by atomic mass is 35.5. The Morgan fingerprint density at radius 1 is 1.32 bits per heavy atom. The maximum Gasteiger partial charge on any atom is 0.314 e. The maximum absolute atomic E-state index is 14.4. The summed E-state index contributed by atoms with van der Waals surface area (Å²) in [5, 5.41) is 4.82.